The van der Waals surface area contributed by atoms with Crippen LogP contribution in [0.25, 0.3) is 0 Å². The fraction of sp³-hybridized carbons (Fsp3) is 0.714. The summed E-state index contributed by atoms with van der Waals surface area (Å²) in [4.78, 5) is 16.5. The molecule has 2 aliphatic heterocycles. The van der Waals surface area contributed by atoms with Gasteiger partial charge in [0, 0.05) is 70.1 Å². The highest BCUT2D eigenvalue weighted by Crippen LogP contribution is 2.25. The second-order valence-electron chi connectivity index (χ2n) is 7.94. The average Bonchev–Trinajstić information content (AvgIpc) is 2.74. The standard InChI is InChI=1S/C21H36N6S.HI/c1-5-25-8-10-26(11-9-25)20-14-18(6-7-23-20)15-24-21(22-4)27-12-13-28-19(16-27)17(2)3;/h6-7,14,17,19H,5,8-13,15-16H2,1-4H3,(H,22,24);1H. The molecule has 0 bridgehead atoms. The maximum atomic E-state index is 4.62. The number of halogens is 1. The van der Waals surface area contributed by atoms with E-state index in [2.05, 4.69) is 74.7 Å². The van der Waals surface area contributed by atoms with Gasteiger partial charge in [-0.1, -0.05) is 20.8 Å². The predicted molar refractivity (Wildman–Crippen MR) is 137 cm³/mol. The largest absolute Gasteiger partial charge is 0.354 e. The van der Waals surface area contributed by atoms with Gasteiger partial charge < -0.3 is 20.0 Å². The van der Waals surface area contributed by atoms with Crippen LogP contribution in [0.3, 0.4) is 0 Å². The minimum atomic E-state index is 0. The minimum absolute atomic E-state index is 0. The molecule has 0 radical (unpaired) electrons. The molecule has 8 heteroatoms. The highest BCUT2D eigenvalue weighted by molar-refractivity contribution is 14.0. The molecule has 2 aliphatic rings. The second kappa shape index (κ2) is 12.2. The number of aromatic nitrogens is 1. The molecule has 1 aromatic rings. The summed E-state index contributed by atoms with van der Waals surface area (Å²) in [6.07, 6.45) is 1.94. The molecule has 29 heavy (non-hydrogen) atoms. The van der Waals surface area contributed by atoms with Crippen molar-refractivity contribution in [3.05, 3.63) is 23.9 Å². The van der Waals surface area contributed by atoms with Crippen molar-refractivity contribution < 1.29 is 0 Å². The number of likely N-dealkylation sites (N-methyl/N-ethyl adjacent to an activating group) is 1. The van der Waals surface area contributed by atoms with Gasteiger partial charge in [-0.25, -0.2) is 4.98 Å². The molecule has 3 heterocycles. The van der Waals surface area contributed by atoms with Crippen LogP contribution in [0, 0.1) is 5.92 Å². The van der Waals surface area contributed by atoms with Crippen LogP contribution in [0.4, 0.5) is 5.82 Å². The molecule has 0 amide bonds. The Kier molecular flexibility index (Phi) is 10.3. The lowest BCUT2D eigenvalue weighted by Gasteiger charge is -2.36. The third-order valence-corrected chi connectivity index (χ3v) is 7.29. The van der Waals surface area contributed by atoms with Crippen LogP contribution in [-0.4, -0.2) is 84.6 Å². The van der Waals surface area contributed by atoms with Crippen molar-refractivity contribution in [3.63, 3.8) is 0 Å². The van der Waals surface area contributed by atoms with E-state index in [-0.39, 0.29) is 24.0 Å². The van der Waals surface area contributed by atoms with E-state index >= 15 is 0 Å². The van der Waals surface area contributed by atoms with E-state index in [0.717, 1.165) is 64.1 Å². The minimum Gasteiger partial charge on any atom is -0.354 e. The Labute approximate surface area is 197 Å². The van der Waals surface area contributed by atoms with E-state index in [1.165, 1.54) is 11.3 Å². The molecule has 164 valence electrons. The zero-order valence-electron chi connectivity index (χ0n) is 18.3. The smallest absolute Gasteiger partial charge is 0.193 e. The summed E-state index contributed by atoms with van der Waals surface area (Å²) in [7, 11) is 1.89. The summed E-state index contributed by atoms with van der Waals surface area (Å²) < 4.78 is 0. The molecule has 1 unspecified atom stereocenters. The van der Waals surface area contributed by atoms with Crippen LogP contribution in [0.15, 0.2) is 23.3 Å². The molecule has 2 fully saturated rings. The van der Waals surface area contributed by atoms with Gasteiger partial charge in [0.15, 0.2) is 5.96 Å². The van der Waals surface area contributed by atoms with Gasteiger partial charge in [0.05, 0.1) is 0 Å². The van der Waals surface area contributed by atoms with Crippen molar-refractivity contribution in [3.8, 4) is 0 Å². The summed E-state index contributed by atoms with van der Waals surface area (Å²) in [5.74, 6) is 3.98. The normalized spacial score (nSPS) is 21.3. The van der Waals surface area contributed by atoms with Crippen LogP contribution >= 0.6 is 35.7 Å². The molecule has 0 saturated carbocycles. The molecule has 2 saturated heterocycles. The van der Waals surface area contributed by atoms with Crippen LogP contribution in [-0.2, 0) is 6.54 Å². The van der Waals surface area contributed by atoms with Gasteiger partial charge >= 0.3 is 0 Å². The van der Waals surface area contributed by atoms with Gasteiger partial charge in [0.25, 0.3) is 0 Å². The van der Waals surface area contributed by atoms with Crippen LogP contribution < -0.4 is 10.2 Å². The van der Waals surface area contributed by atoms with E-state index in [4.69, 9.17) is 0 Å². The van der Waals surface area contributed by atoms with E-state index in [1.54, 1.807) is 0 Å². The van der Waals surface area contributed by atoms with Crippen LogP contribution in [0.2, 0.25) is 0 Å². The Morgan fingerprint density at radius 3 is 2.69 bits per heavy atom. The zero-order valence-corrected chi connectivity index (χ0v) is 21.5. The molecule has 1 N–H and O–H groups in total. The van der Waals surface area contributed by atoms with Crippen molar-refractivity contribution in [2.45, 2.75) is 32.6 Å². The van der Waals surface area contributed by atoms with E-state index in [1.807, 2.05) is 13.2 Å². The molecule has 0 spiro atoms. The Balaban J connectivity index is 0.00000300. The fourth-order valence-corrected chi connectivity index (χ4v) is 5.12. The molecular formula is C21H37IN6S. The Hall–Kier alpha value is -0.740. The summed E-state index contributed by atoms with van der Waals surface area (Å²) >= 11 is 2.10. The third kappa shape index (κ3) is 6.89. The average molecular weight is 533 g/mol. The van der Waals surface area contributed by atoms with Crippen molar-refractivity contribution in [2.24, 2.45) is 10.9 Å². The van der Waals surface area contributed by atoms with Crippen molar-refractivity contribution >= 4 is 47.5 Å². The van der Waals surface area contributed by atoms with Crippen molar-refractivity contribution in [2.75, 3.05) is 63.5 Å². The van der Waals surface area contributed by atoms with E-state index < -0.39 is 0 Å². The quantitative estimate of drug-likeness (QED) is 0.358. The third-order valence-electron chi connectivity index (χ3n) is 5.75. The lowest BCUT2D eigenvalue weighted by Crippen LogP contribution is -2.48. The Morgan fingerprint density at radius 1 is 1.28 bits per heavy atom. The summed E-state index contributed by atoms with van der Waals surface area (Å²) in [6.45, 7) is 15.3. The van der Waals surface area contributed by atoms with Gasteiger partial charge in [-0.2, -0.15) is 11.8 Å². The lowest BCUT2D eigenvalue weighted by molar-refractivity contribution is 0.270. The van der Waals surface area contributed by atoms with Gasteiger partial charge in [-0.3, -0.25) is 4.99 Å². The number of thioether (sulfide) groups is 1. The van der Waals surface area contributed by atoms with Crippen molar-refractivity contribution in [1.29, 1.82) is 0 Å². The topological polar surface area (TPSA) is 47.0 Å². The van der Waals surface area contributed by atoms with Gasteiger partial charge in [0.1, 0.15) is 5.82 Å². The number of guanidine groups is 1. The maximum absolute atomic E-state index is 4.62. The number of piperazine rings is 1. The molecule has 3 rings (SSSR count). The number of hydrogen-bond acceptors (Lipinski definition) is 5. The summed E-state index contributed by atoms with van der Waals surface area (Å²) in [5, 5.41) is 4.26. The number of aliphatic imine (C=N–C) groups is 1. The first-order valence-corrected chi connectivity index (χ1v) is 11.6. The number of pyridine rings is 1. The van der Waals surface area contributed by atoms with Gasteiger partial charge in [0.2, 0.25) is 0 Å². The number of hydrogen-bond donors (Lipinski definition) is 1. The Morgan fingerprint density at radius 2 is 2.03 bits per heavy atom. The second-order valence-corrected chi connectivity index (χ2v) is 9.29. The lowest BCUT2D eigenvalue weighted by atomic mass is 10.1. The Bertz CT molecular complexity index is 648. The molecule has 1 atom stereocenters. The first kappa shape index (κ1) is 24.5. The fourth-order valence-electron chi connectivity index (χ4n) is 3.82. The van der Waals surface area contributed by atoms with Gasteiger partial charge in [-0.05, 0) is 30.2 Å². The van der Waals surface area contributed by atoms with E-state index in [9.17, 15) is 0 Å². The molecule has 0 aliphatic carbocycles. The molecule has 1 aromatic heterocycles. The predicted octanol–water partition coefficient (Wildman–Crippen LogP) is 2.99. The van der Waals surface area contributed by atoms with Crippen LogP contribution in [0.5, 0.6) is 0 Å². The first-order valence-electron chi connectivity index (χ1n) is 10.6. The monoisotopic (exact) mass is 532 g/mol. The molecular weight excluding hydrogens is 495 g/mol. The first-order chi connectivity index (χ1) is 13.6. The number of anilines is 1. The summed E-state index contributed by atoms with van der Waals surface area (Å²) in [5.41, 5.74) is 1.26. The zero-order chi connectivity index (χ0) is 19.9. The maximum Gasteiger partial charge on any atom is 0.193 e. The highest BCUT2D eigenvalue weighted by Gasteiger charge is 2.25. The number of nitrogens with one attached hydrogen (secondary N) is 1. The van der Waals surface area contributed by atoms with Crippen molar-refractivity contribution in [1.82, 2.24) is 20.1 Å². The van der Waals surface area contributed by atoms with Gasteiger partial charge in [-0.15, -0.1) is 24.0 Å². The highest BCUT2D eigenvalue weighted by atomic mass is 127. The molecule has 6 nitrogen and oxygen atoms in total. The number of rotatable bonds is 5. The SMILES string of the molecule is CCN1CCN(c2cc(CNC(=NC)N3CCSC(C(C)C)C3)ccn2)CC1.I. The van der Waals surface area contributed by atoms with E-state index in [0.29, 0.717) is 11.2 Å². The summed E-state index contributed by atoms with van der Waals surface area (Å²) in [6, 6.07) is 4.33. The van der Waals surface area contributed by atoms with Crippen LogP contribution in [0.1, 0.15) is 26.3 Å². The number of nitrogens with zero attached hydrogens (tertiary/aromatic N) is 5. The molecule has 0 aromatic carbocycles.